The first-order valence-corrected chi connectivity index (χ1v) is 7.21. The molecule has 2 atom stereocenters. The van der Waals surface area contributed by atoms with Crippen LogP contribution in [0.2, 0.25) is 0 Å². The minimum atomic E-state index is -0.582. The average Bonchev–Trinajstić information content (AvgIpc) is 2.84. The van der Waals surface area contributed by atoms with Gasteiger partial charge in [-0.1, -0.05) is 12.1 Å². The molecule has 21 heavy (non-hydrogen) atoms. The van der Waals surface area contributed by atoms with Gasteiger partial charge in [0.15, 0.2) is 5.79 Å². The molecule has 1 aliphatic heterocycles. The van der Waals surface area contributed by atoms with Gasteiger partial charge in [0.2, 0.25) is 0 Å². The number of ether oxygens (including phenoxy) is 4. The van der Waals surface area contributed by atoms with E-state index in [1.165, 1.54) is 0 Å². The first kappa shape index (κ1) is 16.2. The zero-order chi connectivity index (χ0) is 15.3. The standard InChI is InChI=1S/C16H24O5/c1-16(2)20-11-15(21-16)14(8-9-17)19-10-12-4-6-13(18-3)7-5-12/h4-7,14-15,17H,8-11H2,1-3H3/t14-,15-/m0/s1. The van der Waals surface area contributed by atoms with Gasteiger partial charge < -0.3 is 24.1 Å². The van der Waals surface area contributed by atoms with E-state index in [1.54, 1.807) is 7.11 Å². The summed E-state index contributed by atoms with van der Waals surface area (Å²) in [6.07, 6.45) is 0.199. The molecule has 1 fully saturated rings. The highest BCUT2D eigenvalue weighted by atomic mass is 16.7. The van der Waals surface area contributed by atoms with Gasteiger partial charge in [0.05, 0.1) is 26.4 Å². The average molecular weight is 296 g/mol. The maximum absolute atomic E-state index is 9.20. The molecule has 0 aromatic heterocycles. The zero-order valence-electron chi connectivity index (χ0n) is 12.9. The maximum atomic E-state index is 9.20. The van der Waals surface area contributed by atoms with Crippen LogP contribution >= 0.6 is 0 Å². The lowest BCUT2D eigenvalue weighted by atomic mass is 10.1. The Bertz CT molecular complexity index is 429. The molecule has 5 heteroatoms. The van der Waals surface area contributed by atoms with Gasteiger partial charge in [0.25, 0.3) is 0 Å². The molecule has 1 saturated heterocycles. The van der Waals surface area contributed by atoms with Crippen molar-refractivity contribution < 1.29 is 24.1 Å². The summed E-state index contributed by atoms with van der Waals surface area (Å²) in [5.74, 6) is 0.238. The summed E-state index contributed by atoms with van der Waals surface area (Å²) < 4.78 is 22.4. The largest absolute Gasteiger partial charge is 0.497 e. The third-order valence-electron chi connectivity index (χ3n) is 3.48. The van der Waals surface area contributed by atoms with E-state index in [-0.39, 0.29) is 18.8 Å². The van der Waals surface area contributed by atoms with Crippen LogP contribution < -0.4 is 4.74 Å². The first-order chi connectivity index (χ1) is 10.0. The number of hydrogen-bond acceptors (Lipinski definition) is 5. The number of methoxy groups -OCH3 is 1. The summed E-state index contributed by atoms with van der Waals surface area (Å²) in [5, 5.41) is 9.20. The van der Waals surface area contributed by atoms with Crippen molar-refractivity contribution >= 4 is 0 Å². The van der Waals surface area contributed by atoms with Gasteiger partial charge in [0, 0.05) is 6.61 Å². The predicted molar refractivity (Wildman–Crippen MR) is 78.2 cm³/mol. The fraction of sp³-hybridized carbons (Fsp3) is 0.625. The first-order valence-electron chi connectivity index (χ1n) is 7.21. The van der Waals surface area contributed by atoms with Crippen LogP contribution in [0.25, 0.3) is 0 Å². The van der Waals surface area contributed by atoms with Crippen molar-refractivity contribution in [3.05, 3.63) is 29.8 Å². The van der Waals surface area contributed by atoms with E-state index in [1.807, 2.05) is 38.1 Å². The van der Waals surface area contributed by atoms with E-state index < -0.39 is 5.79 Å². The van der Waals surface area contributed by atoms with Crippen LogP contribution in [0, 0.1) is 0 Å². The number of rotatable bonds is 7. The van der Waals surface area contributed by atoms with Gasteiger partial charge in [0.1, 0.15) is 11.9 Å². The lowest BCUT2D eigenvalue weighted by Crippen LogP contribution is -2.33. The molecule has 0 saturated carbocycles. The van der Waals surface area contributed by atoms with E-state index in [9.17, 15) is 5.11 Å². The van der Waals surface area contributed by atoms with Crippen LogP contribution in [-0.4, -0.2) is 43.4 Å². The quantitative estimate of drug-likeness (QED) is 0.835. The minimum Gasteiger partial charge on any atom is -0.497 e. The molecule has 0 bridgehead atoms. The summed E-state index contributed by atoms with van der Waals surface area (Å²) in [7, 11) is 1.64. The Kier molecular flexibility index (Phi) is 5.58. The van der Waals surface area contributed by atoms with Crippen molar-refractivity contribution in [3.8, 4) is 5.75 Å². The molecule has 1 aromatic rings. The van der Waals surface area contributed by atoms with Gasteiger partial charge in [-0.15, -0.1) is 0 Å². The number of hydrogen-bond donors (Lipinski definition) is 1. The highest BCUT2D eigenvalue weighted by molar-refractivity contribution is 5.26. The fourth-order valence-electron chi connectivity index (χ4n) is 2.33. The lowest BCUT2D eigenvalue weighted by Gasteiger charge is -2.24. The molecule has 1 aliphatic rings. The molecule has 5 nitrogen and oxygen atoms in total. The number of benzene rings is 1. The SMILES string of the molecule is COc1ccc(CO[C@@H](CCO)[C@@H]2COC(C)(C)O2)cc1. The minimum absolute atomic E-state index is 0.0631. The molecule has 1 heterocycles. The van der Waals surface area contributed by atoms with Gasteiger partial charge in [-0.05, 0) is 38.0 Å². The molecule has 0 radical (unpaired) electrons. The van der Waals surface area contributed by atoms with Crippen LogP contribution in [0.5, 0.6) is 5.75 Å². The summed E-state index contributed by atoms with van der Waals surface area (Å²) >= 11 is 0. The van der Waals surface area contributed by atoms with Crippen LogP contribution in [0.4, 0.5) is 0 Å². The summed E-state index contributed by atoms with van der Waals surface area (Å²) in [5.41, 5.74) is 1.05. The molecular weight excluding hydrogens is 272 g/mol. The zero-order valence-corrected chi connectivity index (χ0v) is 12.9. The Hall–Kier alpha value is -1.14. The van der Waals surface area contributed by atoms with Crippen LogP contribution in [0.15, 0.2) is 24.3 Å². The summed E-state index contributed by atoms with van der Waals surface area (Å²) in [6.45, 7) is 4.78. The highest BCUT2D eigenvalue weighted by Crippen LogP contribution is 2.27. The van der Waals surface area contributed by atoms with Crippen LogP contribution in [-0.2, 0) is 20.8 Å². The predicted octanol–water partition coefficient (Wildman–Crippen LogP) is 2.11. The second-order valence-corrected chi connectivity index (χ2v) is 5.58. The molecule has 1 N–H and O–H groups in total. The fourth-order valence-corrected chi connectivity index (χ4v) is 2.33. The summed E-state index contributed by atoms with van der Waals surface area (Å²) in [6, 6.07) is 7.73. The van der Waals surface area contributed by atoms with Gasteiger partial charge >= 0.3 is 0 Å². The van der Waals surface area contributed by atoms with E-state index in [0.29, 0.717) is 19.6 Å². The number of aliphatic hydroxyl groups is 1. The lowest BCUT2D eigenvalue weighted by molar-refractivity contribution is -0.159. The monoisotopic (exact) mass is 296 g/mol. The Balaban J connectivity index is 1.90. The van der Waals surface area contributed by atoms with E-state index in [4.69, 9.17) is 18.9 Å². The molecule has 0 amide bonds. The normalized spacial score (nSPS) is 22.2. The third kappa shape index (κ3) is 4.68. The summed E-state index contributed by atoms with van der Waals surface area (Å²) in [4.78, 5) is 0. The van der Waals surface area contributed by atoms with Crippen molar-refractivity contribution in [2.75, 3.05) is 20.3 Å². The van der Waals surface area contributed by atoms with Gasteiger partial charge in [-0.2, -0.15) is 0 Å². The molecule has 1 aromatic carbocycles. The molecule has 0 spiro atoms. The maximum Gasteiger partial charge on any atom is 0.163 e. The van der Waals surface area contributed by atoms with Crippen LogP contribution in [0.1, 0.15) is 25.8 Å². The van der Waals surface area contributed by atoms with E-state index >= 15 is 0 Å². The Morgan fingerprint density at radius 2 is 2.05 bits per heavy atom. The van der Waals surface area contributed by atoms with Crippen LogP contribution in [0.3, 0.4) is 0 Å². The van der Waals surface area contributed by atoms with Gasteiger partial charge in [-0.3, -0.25) is 0 Å². The molecule has 0 aliphatic carbocycles. The van der Waals surface area contributed by atoms with E-state index in [2.05, 4.69) is 0 Å². The topological polar surface area (TPSA) is 57.2 Å². The van der Waals surface area contributed by atoms with Crippen molar-refractivity contribution in [2.45, 2.75) is 44.9 Å². The van der Waals surface area contributed by atoms with Crippen molar-refractivity contribution in [1.29, 1.82) is 0 Å². The number of aliphatic hydroxyl groups excluding tert-OH is 1. The second kappa shape index (κ2) is 7.22. The van der Waals surface area contributed by atoms with Gasteiger partial charge in [-0.25, -0.2) is 0 Å². The molecule has 0 unspecified atom stereocenters. The molecular formula is C16H24O5. The molecule has 118 valence electrons. The van der Waals surface area contributed by atoms with Crippen molar-refractivity contribution in [2.24, 2.45) is 0 Å². The smallest absolute Gasteiger partial charge is 0.163 e. The van der Waals surface area contributed by atoms with Crippen molar-refractivity contribution in [1.82, 2.24) is 0 Å². The molecule has 2 rings (SSSR count). The Labute approximate surface area is 125 Å². The Morgan fingerprint density at radius 3 is 2.57 bits per heavy atom. The van der Waals surface area contributed by atoms with E-state index in [0.717, 1.165) is 11.3 Å². The third-order valence-corrected chi connectivity index (χ3v) is 3.48. The van der Waals surface area contributed by atoms with Crippen molar-refractivity contribution in [3.63, 3.8) is 0 Å². The Morgan fingerprint density at radius 1 is 1.33 bits per heavy atom. The highest BCUT2D eigenvalue weighted by Gasteiger charge is 2.37. The second-order valence-electron chi connectivity index (χ2n) is 5.58.